The molecule has 1 unspecified atom stereocenters. The lowest BCUT2D eigenvalue weighted by Crippen LogP contribution is -2.39. The standard InChI is InChI=1S/C26H23N5OS2/c32-25(30-14-5-6-20(16-30)24-29-28-23-9-3-4-15-31(23)24)19-12-10-18(11-13-19)17-33-26-27-21-7-1-2-8-22(21)34-26/h1-4,7-13,15,20H,5-6,14,16-17H2. The molecule has 34 heavy (non-hydrogen) atoms. The highest BCUT2D eigenvalue weighted by Crippen LogP contribution is 2.32. The van der Waals surface area contributed by atoms with Crippen LogP contribution in [-0.2, 0) is 5.75 Å². The number of nitrogens with zero attached hydrogens (tertiary/aromatic N) is 5. The molecule has 8 heteroatoms. The predicted molar refractivity (Wildman–Crippen MR) is 136 cm³/mol. The Balaban J connectivity index is 1.11. The van der Waals surface area contributed by atoms with E-state index in [1.54, 1.807) is 23.1 Å². The van der Waals surface area contributed by atoms with E-state index in [-0.39, 0.29) is 11.8 Å². The molecule has 1 aliphatic rings. The van der Waals surface area contributed by atoms with Gasteiger partial charge < -0.3 is 4.90 Å². The first-order valence-corrected chi connectivity index (χ1v) is 13.2. The molecule has 1 amide bonds. The second-order valence-corrected chi connectivity index (χ2v) is 10.8. The summed E-state index contributed by atoms with van der Waals surface area (Å²) in [5, 5.41) is 8.71. The van der Waals surface area contributed by atoms with Crippen molar-refractivity contribution in [1.29, 1.82) is 0 Å². The van der Waals surface area contributed by atoms with Crippen molar-refractivity contribution in [2.75, 3.05) is 13.1 Å². The molecule has 1 saturated heterocycles. The van der Waals surface area contributed by atoms with E-state index in [0.717, 1.165) is 52.0 Å². The Hall–Kier alpha value is -3.23. The zero-order valence-electron chi connectivity index (χ0n) is 18.5. The van der Waals surface area contributed by atoms with Crippen LogP contribution in [0.4, 0.5) is 0 Å². The van der Waals surface area contributed by atoms with Crippen LogP contribution in [0.3, 0.4) is 0 Å². The number of fused-ring (bicyclic) bond motifs is 2. The van der Waals surface area contributed by atoms with Crippen molar-refractivity contribution >= 4 is 44.9 Å². The third-order valence-corrected chi connectivity index (χ3v) is 8.50. The van der Waals surface area contributed by atoms with Crippen LogP contribution >= 0.6 is 23.1 Å². The molecule has 3 aromatic heterocycles. The number of rotatable bonds is 5. The summed E-state index contributed by atoms with van der Waals surface area (Å²) in [6.07, 6.45) is 3.98. The summed E-state index contributed by atoms with van der Waals surface area (Å²) < 4.78 is 4.32. The Morgan fingerprint density at radius 2 is 1.88 bits per heavy atom. The topological polar surface area (TPSA) is 63.4 Å². The second-order valence-electron chi connectivity index (χ2n) is 8.51. The molecule has 2 aromatic carbocycles. The van der Waals surface area contributed by atoms with E-state index in [1.807, 2.05) is 64.0 Å². The van der Waals surface area contributed by atoms with Gasteiger partial charge in [0.25, 0.3) is 5.91 Å². The van der Waals surface area contributed by atoms with E-state index in [1.165, 1.54) is 10.3 Å². The molecular formula is C26H23N5OS2. The Morgan fingerprint density at radius 3 is 2.76 bits per heavy atom. The number of likely N-dealkylation sites (tertiary alicyclic amines) is 1. The summed E-state index contributed by atoms with van der Waals surface area (Å²) >= 11 is 3.46. The van der Waals surface area contributed by atoms with Gasteiger partial charge in [0.1, 0.15) is 5.82 Å². The van der Waals surface area contributed by atoms with Crippen LogP contribution in [0.2, 0.25) is 0 Å². The van der Waals surface area contributed by atoms with Gasteiger partial charge in [0.2, 0.25) is 0 Å². The molecule has 1 atom stereocenters. The summed E-state index contributed by atoms with van der Waals surface area (Å²) in [4.78, 5) is 19.9. The average molecular weight is 486 g/mol. The lowest BCUT2D eigenvalue weighted by molar-refractivity contribution is 0.0704. The first-order chi connectivity index (χ1) is 16.7. The number of piperidine rings is 1. The maximum Gasteiger partial charge on any atom is 0.253 e. The van der Waals surface area contributed by atoms with Crippen LogP contribution in [-0.4, -0.2) is 43.5 Å². The molecule has 0 N–H and O–H groups in total. The summed E-state index contributed by atoms with van der Waals surface area (Å²) in [7, 11) is 0. The minimum absolute atomic E-state index is 0.0869. The van der Waals surface area contributed by atoms with Crippen molar-refractivity contribution in [3.8, 4) is 0 Å². The van der Waals surface area contributed by atoms with Crippen LogP contribution < -0.4 is 0 Å². The highest BCUT2D eigenvalue weighted by atomic mass is 32.2. The van der Waals surface area contributed by atoms with Crippen LogP contribution in [0, 0.1) is 0 Å². The van der Waals surface area contributed by atoms with E-state index >= 15 is 0 Å². The number of aromatic nitrogens is 4. The fourth-order valence-corrected chi connectivity index (χ4v) is 6.52. The maximum atomic E-state index is 13.2. The van der Waals surface area contributed by atoms with Gasteiger partial charge in [-0.2, -0.15) is 0 Å². The van der Waals surface area contributed by atoms with Gasteiger partial charge in [0, 0.05) is 36.5 Å². The number of amides is 1. The normalized spacial score (nSPS) is 16.4. The smallest absolute Gasteiger partial charge is 0.253 e. The minimum atomic E-state index is 0.0869. The van der Waals surface area contributed by atoms with E-state index < -0.39 is 0 Å². The van der Waals surface area contributed by atoms with Gasteiger partial charge in [-0.15, -0.1) is 21.5 Å². The number of hydrogen-bond donors (Lipinski definition) is 0. The molecule has 0 aliphatic carbocycles. The van der Waals surface area contributed by atoms with Crippen LogP contribution in [0.1, 0.15) is 40.5 Å². The van der Waals surface area contributed by atoms with Crippen LogP contribution in [0.25, 0.3) is 15.9 Å². The third kappa shape index (κ3) is 4.19. The first-order valence-electron chi connectivity index (χ1n) is 11.4. The number of thioether (sulfide) groups is 1. The molecule has 1 aliphatic heterocycles. The number of para-hydroxylation sites is 1. The molecule has 1 fully saturated rings. The van der Waals surface area contributed by atoms with Crippen LogP contribution in [0.5, 0.6) is 0 Å². The largest absolute Gasteiger partial charge is 0.338 e. The monoisotopic (exact) mass is 485 g/mol. The third-order valence-electron chi connectivity index (χ3n) is 6.25. The van der Waals surface area contributed by atoms with Crippen molar-refractivity contribution in [2.24, 2.45) is 0 Å². The fourth-order valence-electron chi connectivity index (χ4n) is 4.49. The molecule has 170 valence electrons. The molecule has 0 spiro atoms. The van der Waals surface area contributed by atoms with Gasteiger partial charge in [0.05, 0.1) is 10.2 Å². The lowest BCUT2D eigenvalue weighted by atomic mass is 9.96. The van der Waals surface area contributed by atoms with E-state index in [2.05, 4.69) is 28.4 Å². The number of carbonyl (C=O) groups is 1. The summed E-state index contributed by atoms with van der Waals surface area (Å²) in [5.41, 5.74) is 3.82. The summed E-state index contributed by atoms with van der Waals surface area (Å²) in [5.74, 6) is 2.05. The Labute approximate surface area is 205 Å². The molecule has 6 nitrogen and oxygen atoms in total. The molecule has 0 bridgehead atoms. The quantitative estimate of drug-likeness (QED) is 0.301. The Bertz CT molecular complexity index is 1430. The molecule has 5 aromatic rings. The molecular weight excluding hydrogens is 462 g/mol. The van der Waals surface area contributed by atoms with Crippen molar-refractivity contribution in [3.63, 3.8) is 0 Å². The van der Waals surface area contributed by atoms with Gasteiger partial charge in [0.15, 0.2) is 9.99 Å². The predicted octanol–water partition coefficient (Wildman–Crippen LogP) is 5.65. The Morgan fingerprint density at radius 1 is 1.03 bits per heavy atom. The Kier molecular flexibility index (Phi) is 5.76. The molecule has 4 heterocycles. The molecule has 0 radical (unpaired) electrons. The second kappa shape index (κ2) is 9.19. The van der Waals surface area contributed by atoms with E-state index in [4.69, 9.17) is 4.98 Å². The zero-order chi connectivity index (χ0) is 22.9. The van der Waals surface area contributed by atoms with Gasteiger partial charge in [-0.05, 0) is 54.8 Å². The number of carbonyl (C=O) groups excluding carboxylic acids is 1. The fraction of sp³-hybridized carbons (Fsp3) is 0.231. The number of pyridine rings is 1. The number of benzene rings is 2. The number of hydrogen-bond acceptors (Lipinski definition) is 6. The van der Waals surface area contributed by atoms with Crippen molar-refractivity contribution in [1.82, 2.24) is 24.5 Å². The molecule has 6 rings (SSSR count). The van der Waals surface area contributed by atoms with Gasteiger partial charge in [-0.3, -0.25) is 9.20 Å². The molecule has 0 saturated carbocycles. The lowest BCUT2D eigenvalue weighted by Gasteiger charge is -2.32. The minimum Gasteiger partial charge on any atom is -0.338 e. The van der Waals surface area contributed by atoms with E-state index in [0.29, 0.717) is 6.54 Å². The van der Waals surface area contributed by atoms with Crippen molar-refractivity contribution in [3.05, 3.63) is 89.9 Å². The SMILES string of the molecule is O=C(c1ccc(CSc2nc3ccccc3s2)cc1)N1CCCC(c2nnc3ccccn23)C1. The zero-order valence-corrected chi connectivity index (χ0v) is 20.1. The van der Waals surface area contributed by atoms with Gasteiger partial charge in [-0.25, -0.2) is 4.98 Å². The highest BCUT2D eigenvalue weighted by Gasteiger charge is 2.28. The van der Waals surface area contributed by atoms with Crippen molar-refractivity contribution < 1.29 is 4.79 Å². The van der Waals surface area contributed by atoms with Crippen LogP contribution in [0.15, 0.2) is 77.3 Å². The van der Waals surface area contributed by atoms with Crippen molar-refractivity contribution in [2.45, 2.75) is 28.9 Å². The van der Waals surface area contributed by atoms with E-state index in [9.17, 15) is 4.79 Å². The highest BCUT2D eigenvalue weighted by molar-refractivity contribution is 8.00. The number of thiazole rings is 1. The van der Waals surface area contributed by atoms with Gasteiger partial charge >= 0.3 is 0 Å². The average Bonchev–Trinajstić information content (AvgIpc) is 3.51. The maximum absolute atomic E-state index is 13.2. The summed E-state index contributed by atoms with van der Waals surface area (Å²) in [6, 6.07) is 22.1. The first kappa shape index (κ1) is 21.3. The van der Waals surface area contributed by atoms with Gasteiger partial charge in [-0.1, -0.05) is 42.1 Å². The summed E-state index contributed by atoms with van der Waals surface area (Å²) in [6.45, 7) is 1.45.